The van der Waals surface area contributed by atoms with Crippen LogP contribution in [-0.4, -0.2) is 53.0 Å². The highest BCUT2D eigenvalue weighted by atomic mass is 32.1. The minimum atomic E-state index is -0.131. The molecule has 0 fully saturated rings. The van der Waals surface area contributed by atoms with Crippen LogP contribution in [0.15, 0.2) is 24.3 Å². The van der Waals surface area contributed by atoms with Gasteiger partial charge < -0.3 is 14.4 Å². The van der Waals surface area contributed by atoms with Crippen LogP contribution < -0.4 is 0 Å². The molecule has 0 aliphatic carbocycles. The number of benzene rings is 1. The van der Waals surface area contributed by atoms with Crippen LogP contribution in [0.2, 0.25) is 0 Å². The average Bonchev–Trinajstić information content (AvgIpc) is 3.34. The van der Waals surface area contributed by atoms with Crippen molar-refractivity contribution in [2.75, 3.05) is 13.1 Å². The summed E-state index contributed by atoms with van der Waals surface area (Å²) in [6.07, 6.45) is 0.904. The second kappa shape index (κ2) is 6.66. The first kappa shape index (κ1) is 17.3. The number of aryl methyl sites for hydroxylation is 1. The van der Waals surface area contributed by atoms with Gasteiger partial charge in [0.2, 0.25) is 0 Å². The number of fused-ring (bicyclic) bond motifs is 2. The van der Waals surface area contributed by atoms with Crippen LogP contribution in [0.25, 0.3) is 10.8 Å². The van der Waals surface area contributed by atoms with E-state index in [4.69, 9.17) is 0 Å². The van der Waals surface area contributed by atoms with E-state index in [2.05, 4.69) is 42.3 Å². The Morgan fingerprint density at radius 1 is 1.14 bits per heavy atom. The molecule has 0 unspecified atom stereocenters. The smallest absolute Gasteiger partial charge is 0.320 e. The Hall–Kier alpha value is -2.81. The van der Waals surface area contributed by atoms with Crippen molar-refractivity contribution in [3.63, 3.8) is 0 Å². The molecule has 9 heteroatoms. The minimum Gasteiger partial charge on any atom is -0.320 e. The van der Waals surface area contributed by atoms with Crippen LogP contribution in [-0.2, 0) is 19.5 Å². The van der Waals surface area contributed by atoms with Crippen molar-refractivity contribution in [2.45, 2.75) is 39.4 Å². The lowest BCUT2D eigenvalue weighted by atomic mass is 10.0. The van der Waals surface area contributed by atoms with E-state index in [0.29, 0.717) is 19.6 Å². The van der Waals surface area contributed by atoms with E-state index in [1.165, 1.54) is 22.7 Å². The lowest BCUT2D eigenvalue weighted by Crippen LogP contribution is -2.49. The highest BCUT2D eigenvalue weighted by Crippen LogP contribution is 2.30. The van der Waals surface area contributed by atoms with Crippen LogP contribution in [0.3, 0.4) is 0 Å². The SMILES string of the molecule is Cc1nsc(-c2nnc3n2CCN(C(=O)N2CCc4ccccc4C2)[C@@H]3C)n1. The molecule has 5 rings (SSSR count). The van der Waals surface area contributed by atoms with Gasteiger partial charge in [-0.05, 0) is 42.9 Å². The zero-order chi connectivity index (χ0) is 19.3. The van der Waals surface area contributed by atoms with E-state index in [1.54, 1.807) is 0 Å². The number of urea groups is 1. The third kappa shape index (κ3) is 2.77. The minimum absolute atomic E-state index is 0.0737. The quantitative estimate of drug-likeness (QED) is 0.633. The Bertz CT molecular complexity index is 1040. The number of carbonyl (C=O) groups excluding carboxylic acids is 1. The maximum atomic E-state index is 13.2. The van der Waals surface area contributed by atoms with Crippen LogP contribution >= 0.6 is 11.5 Å². The molecule has 0 saturated carbocycles. The molecule has 144 valence electrons. The normalized spacial score (nSPS) is 18.7. The molecule has 1 atom stereocenters. The lowest BCUT2D eigenvalue weighted by Gasteiger charge is -2.39. The predicted molar refractivity (Wildman–Crippen MR) is 105 cm³/mol. The van der Waals surface area contributed by atoms with Crippen LogP contribution in [0, 0.1) is 6.92 Å². The molecule has 0 radical (unpaired) electrons. The number of hydrogen-bond acceptors (Lipinski definition) is 6. The Kier molecular flexibility index (Phi) is 4.12. The number of hydrogen-bond donors (Lipinski definition) is 0. The standard InChI is InChI=1S/C19H21N7OS/c1-12-16-21-22-17(18-20-13(2)23-28-18)26(16)10-9-25(12)19(27)24-8-7-14-5-3-4-6-15(14)11-24/h3-6,12H,7-11H2,1-2H3/t12-/m1/s1. The summed E-state index contributed by atoms with van der Waals surface area (Å²) in [5.41, 5.74) is 2.58. The van der Waals surface area contributed by atoms with Gasteiger partial charge in [0.15, 0.2) is 16.7 Å². The molecule has 3 aromatic rings. The molecule has 4 heterocycles. The predicted octanol–water partition coefficient (Wildman–Crippen LogP) is 2.66. The van der Waals surface area contributed by atoms with Gasteiger partial charge in [0, 0.05) is 26.2 Å². The van der Waals surface area contributed by atoms with Crippen LogP contribution in [0.5, 0.6) is 0 Å². The maximum absolute atomic E-state index is 13.2. The third-order valence-electron chi connectivity index (χ3n) is 5.55. The number of nitrogens with zero attached hydrogens (tertiary/aromatic N) is 7. The molecular weight excluding hydrogens is 374 g/mol. The van der Waals surface area contributed by atoms with Gasteiger partial charge in [0.25, 0.3) is 0 Å². The van der Waals surface area contributed by atoms with E-state index < -0.39 is 0 Å². The Balaban J connectivity index is 1.37. The van der Waals surface area contributed by atoms with Crippen molar-refractivity contribution in [3.8, 4) is 10.8 Å². The van der Waals surface area contributed by atoms with Gasteiger partial charge in [-0.15, -0.1) is 10.2 Å². The fourth-order valence-corrected chi connectivity index (χ4v) is 4.70. The first-order valence-corrected chi connectivity index (χ1v) is 10.3. The highest BCUT2D eigenvalue weighted by Gasteiger charge is 2.35. The number of amides is 2. The summed E-state index contributed by atoms with van der Waals surface area (Å²) in [5, 5.41) is 9.49. The molecule has 2 aromatic heterocycles. The summed E-state index contributed by atoms with van der Waals surface area (Å²) in [7, 11) is 0. The highest BCUT2D eigenvalue weighted by molar-refractivity contribution is 7.09. The van der Waals surface area contributed by atoms with Crippen molar-refractivity contribution in [2.24, 2.45) is 0 Å². The molecule has 8 nitrogen and oxygen atoms in total. The zero-order valence-electron chi connectivity index (χ0n) is 15.9. The van der Waals surface area contributed by atoms with Gasteiger partial charge >= 0.3 is 6.03 Å². The van der Waals surface area contributed by atoms with Gasteiger partial charge in [-0.2, -0.15) is 4.37 Å². The van der Waals surface area contributed by atoms with Gasteiger partial charge in [-0.3, -0.25) is 0 Å². The second-order valence-corrected chi connectivity index (χ2v) is 8.02. The number of carbonyl (C=O) groups is 1. The molecule has 2 amide bonds. The summed E-state index contributed by atoms with van der Waals surface area (Å²) >= 11 is 1.33. The Morgan fingerprint density at radius 2 is 1.96 bits per heavy atom. The van der Waals surface area contributed by atoms with E-state index in [-0.39, 0.29) is 12.1 Å². The Labute approximate surface area is 167 Å². The van der Waals surface area contributed by atoms with Gasteiger partial charge in [0.05, 0.1) is 6.04 Å². The summed E-state index contributed by atoms with van der Waals surface area (Å²) in [5.74, 6) is 2.29. The monoisotopic (exact) mass is 395 g/mol. The second-order valence-electron chi connectivity index (χ2n) is 7.27. The molecule has 28 heavy (non-hydrogen) atoms. The fraction of sp³-hybridized carbons (Fsp3) is 0.421. The summed E-state index contributed by atoms with van der Waals surface area (Å²) in [6.45, 7) is 6.60. The van der Waals surface area contributed by atoms with Gasteiger partial charge in [-0.25, -0.2) is 9.78 Å². The van der Waals surface area contributed by atoms with Crippen LogP contribution in [0.4, 0.5) is 4.79 Å². The van der Waals surface area contributed by atoms with Gasteiger partial charge in [0.1, 0.15) is 5.82 Å². The molecule has 0 spiro atoms. The molecule has 0 bridgehead atoms. The maximum Gasteiger partial charge on any atom is 0.320 e. The van der Waals surface area contributed by atoms with Crippen molar-refractivity contribution in [1.29, 1.82) is 0 Å². The summed E-state index contributed by atoms with van der Waals surface area (Å²) < 4.78 is 6.31. The van der Waals surface area contributed by atoms with E-state index in [1.807, 2.05) is 29.7 Å². The molecule has 2 aliphatic rings. The first-order valence-electron chi connectivity index (χ1n) is 9.48. The fourth-order valence-electron chi connectivity index (χ4n) is 4.03. The zero-order valence-corrected chi connectivity index (χ0v) is 16.7. The largest absolute Gasteiger partial charge is 0.320 e. The van der Waals surface area contributed by atoms with E-state index >= 15 is 0 Å². The third-order valence-corrected chi connectivity index (χ3v) is 6.35. The van der Waals surface area contributed by atoms with Crippen molar-refractivity contribution >= 4 is 17.6 Å². The van der Waals surface area contributed by atoms with Crippen molar-refractivity contribution in [1.82, 2.24) is 33.9 Å². The molecular formula is C19H21N7OS. The van der Waals surface area contributed by atoms with Gasteiger partial charge in [-0.1, -0.05) is 24.3 Å². The summed E-state index contributed by atoms with van der Waals surface area (Å²) in [4.78, 5) is 21.5. The number of rotatable bonds is 1. The summed E-state index contributed by atoms with van der Waals surface area (Å²) in [6, 6.07) is 8.31. The van der Waals surface area contributed by atoms with Crippen molar-refractivity contribution < 1.29 is 4.79 Å². The molecule has 1 aromatic carbocycles. The lowest BCUT2D eigenvalue weighted by molar-refractivity contribution is 0.118. The Morgan fingerprint density at radius 3 is 2.75 bits per heavy atom. The van der Waals surface area contributed by atoms with Crippen molar-refractivity contribution in [3.05, 3.63) is 47.0 Å². The van der Waals surface area contributed by atoms with Crippen LogP contribution in [0.1, 0.15) is 35.7 Å². The average molecular weight is 395 g/mol. The molecule has 0 N–H and O–H groups in total. The van der Waals surface area contributed by atoms with E-state index in [0.717, 1.165) is 35.4 Å². The first-order chi connectivity index (χ1) is 13.6. The molecule has 0 saturated heterocycles. The topological polar surface area (TPSA) is 80.0 Å². The molecule has 2 aliphatic heterocycles. The number of aromatic nitrogens is 5. The van der Waals surface area contributed by atoms with E-state index in [9.17, 15) is 4.79 Å².